The van der Waals surface area contributed by atoms with Crippen LogP contribution in [0.3, 0.4) is 0 Å². The Morgan fingerprint density at radius 2 is 1.88 bits per heavy atom. The van der Waals surface area contributed by atoms with Crippen LogP contribution in [0.25, 0.3) is 0 Å². The zero-order chi connectivity index (χ0) is 11.6. The van der Waals surface area contributed by atoms with Crippen molar-refractivity contribution in [3.63, 3.8) is 0 Å². The quantitative estimate of drug-likeness (QED) is 0.825. The van der Waals surface area contributed by atoms with E-state index in [4.69, 9.17) is 0 Å². The Morgan fingerprint density at radius 3 is 2.44 bits per heavy atom. The molecule has 1 atom stereocenters. The predicted molar refractivity (Wildman–Crippen MR) is 65.4 cm³/mol. The Labute approximate surface area is 97.1 Å². The highest BCUT2D eigenvalue weighted by atomic mass is 16.1. The summed E-state index contributed by atoms with van der Waals surface area (Å²) in [6, 6.07) is 8.32. The van der Waals surface area contributed by atoms with Crippen molar-refractivity contribution in [1.82, 2.24) is 5.32 Å². The summed E-state index contributed by atoms with van der Waals surface area (Å²) >= 11 is 0. The number of nitrogens with one attached hydrogen (secondary N) is 1. The lowest BCUT2D eigenvalue weighted by atomic mass is 9.75. The maximum atomic E-state index is 12.2. The summed E-state index contributed by atoms with van der Waals surface area (Å²) in [6.07, 6.45) is 3.79. The molecule has 2 rings (SSSR count). The molecule has 86 valence electrons. The van der Waals surface area contributed by atoms with E-state index in [9.17, 15) is 4.79 Å². The highest BCUT2D eigenvalue weighted by Gasteiger charge is 2.39. The van der Waals surface area contributed by atoms with E-state index >= 15 is 0 Å². The van der Waals surface area contributed by atoms with Gasteiger partial charge in [-0.05, 0) is 32.4 Å². The molecule has 2 heteroatoms. The standard InChI is InChI=1S/C14H19NO/c1-11-6-8-12(9-7-11)14(15-2)10-4-3-5-13(14)16/h6-9,15H,3-5,10H2,1-2H3/t14-/m0/s1. The fourth-order valence-electron chi connectivity index (χ4n) is 2.58. The SMILES string of the molecule is CN[C@]1(c2ccc(C)cc2)CCCCC1=O. The van der Waals surface area contributed by atoms with Crippen LogP contribution in [0, 0.1) is 6.92 Å². The maximum Gasteiger partial charge on any atom is 0.157 e. The summed E-state index contributed by atoms with van der Waals surface area (Å²) in [4.78, 5) is 12.2. The molecule has 1 aromatic carbocycles. The monoisotopic (exact) mass is 217 g/mol. The summed E-state index contributed by atoms with van der Waals surface area (Å²) in [7, 11) is 1.89. The summed E-state index contributed by atoms with van der Waals surface area (Å²) in [6.45, 7) is 2.07. The van der Waals surface area contributed by atoms with Gasteiger partial charge in [-0.15, -0.1) is 0 Å². The van der Waals surface area contributed by atoms with E-state index in [2.05, 4.69) is 36.5 Å². The van der Waals surface area contributed by atoms with Crippen molar-refractivity contribution in [2.24, 2.45) is 0 Å². The van der Waals surface area contributed by atoms with Gasteiger partial charge in [0.1, 0.15) is 5.54 Å². The zero-order valence-electron chi connectivity index (χ0n) is 10.0. The molecule has 1 aliphatic rings. The Hall–Kier alpha value is -1.15. The van der Waals surface area contributed by atoms with Gasteiger partial charge in [-0.25, -0.2) is 0 Å². The number of hydrogen-bond acceptors (Lipinski definition) is 2. The minimum atomic E-state index is -0.425. The predicted octanol–water partition coefficient (Wildman–Crippen LogP) is 2.55. The zero-order valence-corrected chi connectivity index (χ0v) is 10.0. The van der Waals surface area contributed by atoms with Crippen LogP contribution in [0.4, 0.5) is 0 Å². The molecule has 0 radical (unpaired) electrons. The first kappa shape index (κ1) is 11.3. The summed E-state index contributed by atoms with van der Waals surface area (Å²) in [5.41, 5.74) is 1.93. The summed E-state index contributed by atoms with van der Waals surface area (Å²) in [5, 5.41) is 3.25. The second kappa shape index (κ2) is 4.38. The van der Waals surface area contributed by atoms with Crippen LogP contribution in [-0.4, -0.2) is 12.8 Å². The van der Waals surface area contributed by atoms with Crippen molar-refractivity contribution in [2.45, 2.75) is 38.1 Å². The molecule has 0 aliphatic heterocycles. The van der Waals surface area contributed by atoms with Crippen LogP contribution >= 0.6 is 0 Å². The van der Waals surface area contributed by atoms with Crippen LogP contribution in [0.1, 0.15) is 36.8 Å². The first-order valence-electron chi connectivity index (χ1n) is 5.98. The van der Waals surface area contributed by atoms with E-state index in [0.29, 0.717) is 12.2 Å². The number of carbonyl (C=O) groups excluding carboxylic acids is 1. The number of rotatable bonds is 2. The van der Waals surface area contributed by atoms with Gasteiger partial charge in [0.25, 0.3) is 0 Å². The van der Waals surface area contributed by atoms with Crippen molar-refractivity contribution in [3.8, 4) is 0 Å². The van der Waals surface area contributed by atoms with Crippen molar-refractivity contribution < 1.29 is 4.79 Å². The normalized spacial score (nSPS) is 25.8. The first-order chi connectivity index (χ1) is 7.69. The lowest BCUT2D eigenvalue weighted by Gasteiger charge is -2.36. The third kappa shape index (κ3) is 1.78. The van der Waals surface area contributed by atoms with E-state index in [1.165, 1.54) is 5.56 Å². The average Bonchev–Trinajstić information content (AvgIpc) is 2.31. The van der Waals surface area contributed by atoms with E-state index in [0.717, 1.165) is 24.8 Å². The molecule has 0 spiro atoms. The van der Waals surface area contributed by atoms with Gasteiger partial charge in [0.2, 0.25) is 0 Å². The number of benzene rings is 1. The fourth-order valence-corrected chi connectivity index (χ4v) is 2.58. The van der Waals surface area contributed by atoms with Crippen LogP contribution in [0.5, 0.6) is 0 Å². The molecule has 0 saturated heterocycles. The van der Waals surface area contributed by atoms with Crippen LogP contribution < -0.4 is 5.32 Å². The number of likely N-dealkylation sites (N-methyl/N-ethyl adjacent to an activating group) is 1. The largest absolute Gasteiger partial charge is 0.304 e. The fraction of sp³-hybridized carbons (Fsp3) is 0.500. The number of aryl methyl sites for hydroxylation is 1. The molecule has 1 N–H and O–H groups in total. The third-order valence-electron chi connectivity index (χ3n) is 3.65. The Kier molecular flexibility index (Phi) is 3.10. The molecule has 1 fully saturated rings. The van der Waals surface area contributed by atoms with Gasteiger partial charge in [-0.2, -0.15) is 0 Å². The molecule has 0 amide bonds. The van der Waals surface area contributed by atoms with E-state index in [1.54, 1.807) is 0 Å². The van der Waals surface area contributed by atoms with Crippen LogP contribution in [0.15, 0.2) is 24.3 Å². The number of carbonyl (C=O) groups is 1. The molecule has 1 aliphatic carbocycles. The van der Waals surface area contributed by atoms with Gasteiger partial charge in [-0.1, -0.05) is 36.2 Å². The average molecular weight is 217 g/mol. The smallest absolute Gasteiger partial charge is 0.157 e. The molecular formula is C14H19NO. The summed E-state index contributed by atoms with van der Waals surface area (Å²) < 4.78 is 0. The van der Waals surface area contributed by atoms with Crippen molar-refractivity contribution in [2.75, 3.05) is 7.05 Å². The molecule has 2 nitrogen and oxygen atoms in total. The lowest BCUT2D eigenvalue weighted by Crippen LogP contribution is -2.49. The highest BCUT2D eigenvalue weighted by molar-refractivity contribution is 5.90. The Bertz CT molecular complexity index is 382. The van der Waals surface area contributed by atoms with E-state index in [-0.39, 0.29) is 0 Å². The summed E-state index contributed by atoms with van der Waals surface area (Å²) in [5.74, 6) is 0.338. The number of Topliss-reactive ketones (excluding diaryl/α,β-unsaturated/α-hetero) is 1. The van der Waals surface area contributed by atoms with Gasteiger partial charge in [0.05, 0.1) is 0 Å². The molecule has 1 saturated carbocycles. The second-order valence-electron chi connectivity index (χ2n) is 4.65. The van der Waals surface area contributed by atoms with Crippen LogP contribution in [0.2, 0.25) is 0 Å². The van der Waals surface area contributed by atoms with E-state index < -0.39 is 5.54 Å². The highest BCUT2D eigenvalue weighted by Crippen LogP contribution is 2.34. The molecular weight excluding hydrogens is 198 g/mol. The first-order valence-corrected chi connectivity index (χ1v) is 5.98. The van der Waals surface area contributed by atoms with Gasteiger partial charge >= 0.3 is 0 Å². The van der Waals surface area contributed by atoms with Gasteiger partial charge in [0.15, 0.2) is 5.78 Å². The molecule has 0 aromatic heterocycles. The number of hydrogen-bond donors (Lipinski definition) is 1. The maximum absolute atomic E-state index is 12.2. The van der Waals surface area contributed by atoms with E-state index in [1.807, 2.05) is 7.05 Å². The second-order valence-corrected chi connectivity index (χ2v) is 4.65. The lowest BCUT2D eigenvalue weighted by molar-refractivity contribution is -0.127. The van der Waals surface area contributed by atoms with Crippen molar-refractivity contribution >= 4 is 5.78 Å². The molecule has 0 heterocycles. The number of ketones is 1. The molecule has 0 unspecified atom stereocenters. The Balaban J connectivity index is 2.40. The molecule has 16 heavy (non-hydrogen) atoms. The van der Waals surface area contributed by atoms with Gasteiger partial charge in [-0.3, -0.25) is 4.79 Å². The Morgan fingerprint density at radius 1 is 1.19 bits per heavy atom. The van der Waals surface area contributed by atoms with Crippen LogP contribution in [-0.2, 0) is 10.3 Å². The van der Waals surface area contributed by atoms with Crippen molar-refractivity contribution in [1.29, 1.82) is 0 Å². The van der Waals surface area contributed by atoms with Crippen molar-refractivity contribution in [3.05, 3.63) is 35.4 Å². The third-order valence-corrected chi connectivity index (χ3v) is 3.65. The van der Waals surface area contributed by atoms with Gasteiger partial charge in [0, 0.05) is 6.42 Å². The minimum Gasteiger partial charge on any atom is -0.304 e. The topological polar surface area (TPSA) is 29.1 Å². The van der Waals surface area contributed by atoms with Gasteiger partial charge < -0.3 is 5.32 Å². The molecule has 0 bridgehead atoms. The minimum absolute atomic E-state index is 0.338. The molecule has 1 aromatic rings.